The maximum Gasteiger partial charge on any atom is 0.573 e. The SMILES string of the molecule is Cc1onc(-c2ccc(OC(F)(F)F)cc2)c1C(=O)N1CCN(c2cccc(C(F)(F)F)c2)CC1. The standard InChI is InChI=1S/C23H19F6N3O3/c1-14-19(20(30-35-14)15-5-7-18(8-6-15)34-23(27,28)29)21(33)32-11-9-31(10-12-32)17-4-2-3-16(13-17)22(24,25)26/h2-8,13H,9-12H2,1H3. The van der Waals surface area contributed by atoms with E-state index in [-0.39, 0.29) is 30.1 Å². The molecule has 0 aliphatic carbocycles. The highest BCUT2D eigenvalue weighted by Crippen LogP contribution is 2.33. The summed E-state index contributed by atoms with van der Waals surface area (Å²) in [5.41, 5.74) is 0.371. The van der Waals surface area contributed by atoms with Crippen LogP contribution in [0.5, 0.6) is 5.75 Å². The fourth-order valence-corrected chi connectivity index (χ4v) is 3.84. The van der Waals surface area contributed by atoms with Crippen molar-refractivity contribution in [2.75, 3.05) is 31.1 Å². The second kappa shape index (κ2) is 9.16. The lowest BCUT2D eigenvalue weighted by Crippen LogP contribution is -2.49. The number of hydrogen-bond acceptors (Lipinski definition) is 5. The van der Waals surface area contributed by atoms with Crippen LogP contribution < -0.4 is 9.64 Å². The molecule has 0 unspecified atom stereocenters. The first-order valence-electron chi connectivity index (χ1n) is 10.5. The van der Waals surface area contributed by atoms with Crippen molar-refractivity contribution in [1.29, 1.82) is 0 Å². The second-order valence-corrected chi connectivity index (χ2v) is 7.86. The van der Waals surface area contributed by atoms with Gasteiger partial charge in [-0.3, -0.25) is 4.79 Å². The summed E-state index contributed by atoms with van der Waals surface area (Å²) in [5.74, 6) is -0.570. The Labute approximate surface area is 195 Å². The Morgan fingerprint density at radius 1 is 0.971 bits per heavy atom. The lowest BCUT2D eigenvalue weighted by molar-refractivity contribution is -0.274. The molecule has 2 aromatic carbocycles. The number of halogens is 6. The van der Waals surface area contributed by atoms with Crippen molar-refractivity contribution in [3.05, 3.63) is 65.4 Å². The highest BCUT2D eigenvalue weighted by Gasteiger charge is 2.33. The minimum Gasteiger partial charge on any atom is -0.406 e. The van der Waals surface area contributed by atoms with E-state index in [0.717, 1.165) is 24.3 Å². The minimum atomic E-state index is -4.83. The third-order valence-corrected chi connectivity index (χ3v) is 5.54. The molecule has 3 aromatic rings. The lowest BCUT2D eigenvalue weighted by Gasteiger charge is -2.36. The number of carbonyl (C=O) groups excluding carboxylic acids is 1. The average Bonchev–Trinajstić information content (AvgIpc) is 3.19. The van der Waals surface area contributed by atoms with Crippen LogP contribution in [0, 0.1) is 6.92 Å². The van der Waals surface area contributed by atoms with Gasteiger partial charge in [-0.1, -0.05) is 11.2 Å². The number of hydrogen-bond donors (Lipinski definition) is 0. The van der Waals surface area contributed by atoms with Crippen LogP contribution in [0.3, 0.4) is 0 Å². The summed E-state index contributed by atoms with van der Waals surface area (Å²) in [6.45, 7) is 2.67. The highest BCUT2D eigenvalue weighted by atomic mass is 19.4. The number of amides is 1. The van der Waals surface area contributed by atoms with Gasteiger partial charge < -0.3 is 19.1 Å². The average molecular weight is 499 g/mol. The Morgan fingerprint density at radius 3 is 2.23 bits per heavy atom. The van der Waals surface area contributed by atoms with Gasteiger partial charge in [-0.2, -0.15) is 13.2 Å². The minimum absolute atomic E-state index is 0.169. The zero-order valence-corrected chi connectivity index (χ0v) is 18.3. The smallest absolute Gasteiger partial charge is 0.406 e. The van der Waals surface area contributed by atoms with Gasteiger partial charge in [-0.25, -0.2) is 0 Å². The van der Waals surface area contributed by atoms with Crippen LogP contribution in [0.15, 0.2) is 53.1 Å². The molecule has 2 heterocycles. The topological polar surface area (TPSA) is 58.8 Å². The van der Waals surface area contributed by atoms with E-state index in [1.54, 1.807) is 17.9 Å². The number of alkyl halides is 6. The molecular formula is C23H19F6N3O3. The number of benzene rings is 2. The van der Waals surface area contributed by atoms with Gasteiger partial charge in [0.15, 0.2) is 0 Å². The molecule has 6 nitrogen and oxygen atoms in total. The monoisotopic (exact) mass is 499 g/mol. The van der Waals surface area contributed by atoms with Crippen LogP contribution in [0.25, 0.3) is 11.3 Å². The van der Waals surface area contributed by atoms with Gasteiger partial charge in [0.05, 0.1) is 5.56 Å². The van der Waals surface area contributed by atoms with Gasteiger partial charge >= 0.3 is 12.5 Å². The second-order valence-electron chi connectivity index (χ2n) is 7.86. The van der Waals surface area contributed by atoms with E-state index in [4.69, 9.17) is 4.52 Å². The van der Waals surface area contributed by atoms with E-state index >= 15 is 0 Å². The van der Waals surface area contributed by atoms with E-state index in [9.17, 15) is 31.1 Å². The predicted molar refractivity (Wildman–Crippen MR) is 113 cm³/mol. The Hall–Kier alpha value is -3.70. The van der Waals surface area contributed by atoms with Crippen LogP contribution in [0.2, 0.25) is 0 Å². The highest BCUT2D eigenvalue weighted by molar-refractivity contribution is 6.01. The zero-order chi connectivity index (χ0) is 25.4. The third-order valence-electron chi connectivity index (χ3n) is 5.54. The zero-order valence-electron chi connectivity index (χ0n) is 18.3. The van der Waals surface area contributed by atoms with Crippen LogP contribution in [0.1, 0.15) is 21.7 Å². The van der Waals surface area contributed by atoms with Gasteiger partial charge in [0.2, 0.25) is 0 Å². The fourth-order valence-electron chi connectivity index (χ4n) is 3.84. The first kappa shape index (κ1) is 24.4. The van der Waals surface area contributed by atoms with E-state index in [1.807, 2.05) is 0 Å². The van der Waals surface area contributed by atoms with Crippen molar-refractivity contribution in [2.45, 2.75) is 19.5 Å². The van der Waals surface area contributed by atoms with Crippen LogP contribution in [-0.2, 0) is 6.18 Å². The number of aromatic nitrogens is 1. The number of nitrogens with zero attached hydrogens (tertiary/aromatic N) is 3. The Balaban J connectivity index is 1.48. The maximum atomic E-state index is 13.2. The lowest BCUT2D eigenvalue weighted by atomic mass is 10.0. The molecule has 0 saturated carbocycles. The molecule has 1 saturated heterocycles. The van der Waals surface area contributed by atoms with Crippen molar-refractivity contribution in [2.24, 2.45) is 0 Å². The molecule has 35 heavy (non-hydrogen) atoms. The first-order valence-corrected chi connectivity index (χ1v) is 10.5. The molecule has 186 valence electrons. The fraction of sp³-hybridized carbons (Fsp3) is 0.304. The van der Waals surface area contributed by atoms with Crippen LogP contribution >= 0.6 is 0 Å². The van der Waals surface area contributed by atoms with Gasteiger partial charge in [0.25, 0.3) is 5.91 Å². The van der Waals surface area contributed by atoms with Crippen molar-refractivity contribution < 1.29 is 40.4 Å². The Kier molecular flexibility index (Phi) is 6.39. The third kappa shape index (κ3) is 5.52. The molecule has 0 N–H and O–H groups in total. The number of ether oxygens (including phenoxy) is 1. The predicted octanol–water partition coefficient (Wildman–Crippen LogP) is 5.53. The molecule has 1 aromatic heterocycles. The molecule has 12 heteroatoms. The molecule has 0 radical (unpaired) electrons. The summed E-state index contributed by atoms with van der Waals surface area (Å²) in [5, 5.41) is 3.90. The van der Waals surface area contributed by atoms with Crippen molar-refractivity contribution in [3.8, 4) is 17.0 Å². The quantitative estimate of drug-likeness (QED) is 0.442. The van der Waals surface area contributed by atoms with Gasteiger partial charge in [0, 0.05) is 37.4 Å². The Bertz CT molecular complexity index is 1200. The van der Waals surface area contributed by atoms with Gasteiger partial charge in [-0.15, -0.1) is 13.2 Å². The molecule has 4 rings (SSSR count). The number of carbonyl (C=O) groups is 1. The summed E-state index contributed by atoms with van der Waals surface area (Å²) < 4.78 is 85.3. The number of anilines is 1. The molecular weight excluding hydrogens is 480 g/mol. The molecule has 1 aliphatic rings. The van der Waals surface area contributed by atoms with Gasteiger partial charge in [0.1, 0.15) is 22.8 Å². The Morgan fingerprint density at radius 2 is 1.63 bits per heavy atom. The van der Waals surface area contributed by atoms with Crippen molar-refractivity contribution >= 4 is 11.6 Å². The van der Waals surface area contributed by atoms with Crippen LogP contribution in [0.4, 0.5) is 32.0 Å². The summed E-state index contributed by atoms with van der Waals surface area (Å²) >= 11 is 0. The molecule has 0 atom stereocenters. The van der Waals surface area contributed by atoms with E-state index < -0.39 is 29.8 Å². The normalized spacial score (nSPS) is 14.8. The summed E-state index contributed by atoms with van der Waals surface area (Å²) in [7, 11) is 0. The van der Waals surface area contributed by atoms with Crippen molar-refractivity contribution in [1.82, 2.24) is 10.1 Å². The summed E-state index contributed by atoms with van der Waals surface area (Å²) in [6, 6.07) is 9.88. The number of aryl methyl sites for hydroxylation is 1. The number of rotatable bonds is 4. The van der Waals surface area contributed by atoms with E-state index in [1.165, 1.54) is 23.1 Å². The van der Waals surface area contributed by atoms with Gasteiger partial charge in [-0.05, 0) is 49.4 Å². The molecule has 0 spiro atoms. The van der Waals surface area contributed by atoms with Crippen molar-refractivity contribution in [3.63, 3.8) is 0 Å². The molecule has 0 bridgehead atoms. The molecule has 1 aliphatic heterocycles. The maximum absolute atomic E-state index is 13.2. The largest absolute Gasteiger partial charge is 0.573 e. The molecule has 1 fully saturated rings. The first-order chi connectivity index (χ1) is 16.4. The summed E-state index contributed by atoms with van der Waals surface area (Å²) in [4.78, 5) is 16.5. The summed E-state index contributed by atoms with van der Waals surface area (Å²) in [6.07, 6.45) is -9.28. The number of piperazine rings is 1. The molecule has 1 amide bonds. The van der Waals surface area contributed by atoms with Crippen LogP contribution in [-0.4, -0.2) is 48.5 Å². The van der Waals surface area contributed by atoms with E-state index in [2.05, 4.69) is 9.89 Å². The van der Waals surface area contributed by atoms with E-state index in [0.29, 0.717) is 24.3 Å².